The van der Waals surface area contributed by atoms with Crippen LogP contribution in [0.15, 0.2) is 24.3 Å². The van der Waals surface area contributed by atoms with Gasteiger partial charge in [-0.1, -0.05) is 18.2 Å². The highest BCUT2D eigenvalue weighted by Crippen LogP contribution is 2.56. The van der Waals surface area contributed by atoms with Gasteiger partial charge < -0.3 is 10.0 Å². The van der Waals surface area contributed by atoms with Gasteiger partial charge in [-0.2, -0.15) is 0 Å². The van der Waals surface area contributed by atoms with Gasteiger partial charge >= 0.3 is 5.97 Å². The standard InChI is InChI=1S/C17H19NO3/c19-15(11-5-6-12(9-11)16(20)21)18-10-17(7-8-17)13-3-1-2-4-14(13)18/h1-4,11-12H,5-10H2,(H,20,21)/t11-,12+/m0/s1. The summed E-state index contributed by atoms with van der Waals surface area (Å²) in [5.41, 5.74) is 2.57. The van der Waals surface area contributed by atoms with Gasteiger partial charge in [-0.05, 0) is 43.7 Å². The van der Waals surface area contributed by atoms with Gasteiger partial charge in [-0.15, -0.1) is 0 Å². The number of hydrogen-bond acceptors (Lipinski definition) is 2. The SMILES string of the molecule is O=C(O)[C@@H]1CC[C@H](C(=O)N2CC3(CC3)c3ccccc32)C1. The average molecular weight is 285 g/mol. The number of carboxylic acids is 1. The van der Waals surface area contributed by atoms with Crippen LogP contribution in [0.2, 0.25) is 0 Å². The normalized spacial score (nSPS) is 28.7. The van der Waals surface area contributed by atoms with Gasteiger partial charge in [-0.3, -0.25) is 9.59 Å². The van der Waals surface area contributed by atoms with Crippen molar-refractivity contribution in [3.05, 3.63) is 29.8 Å². The second-order valence-corrected chi connectivity index (χ2v) is 6.77. The summed E-state index contributed by atoms with van der Waals surface area (Å²) in [6, 6.07) is 8.20. The number of carbonyl (C=O) groups excluding carboxylic acids is 1. The second kappa shape index (κ2) is 4.33. The highest BCUT2D eigenvalue weighted by Gasteiger charge is 2.53. The molecular formula is C17H19NO3. The van der Waals surface area contributed by atoms with Crippen molar-refractivity contribution in [1.82, 2.24) is 0 Å². The predicted molar refractivity (Wildman–Crippen MR) is 78.2 cm³/mol. The summed E-state index contributed by atoms with van der Waals surface area (Å²) < 4.78 is 0. The van der Waals surface area contributed by atoms with Crippen LogP contribution in [0.1, 0.15) is 37.7 Å². The molecule has 21 heavy (non-hydrogen) atoms. The molecule has 1 amide bonds. The molecule has 2 fully saturated rings. The maximum absolute atomic E-state index is 12.8. The number of amides is 1. The summed E-state index contributed by atoms with van der Waals surface area (Å²) in [6.45, 7) is 0.791. The van der Waals surface area contributed by atoms with Gasteiger partial charge in [0.1, 0.15) is 0 Å². The van der Waals surface area contributed by atoms with Crippen LogP contribution >= 0.6 is 0 Å². The summed E-state index contributed by atoms with van der Waals surface area (Å²) in [5, 5.41) is 9.10. The smallest absolute Gasteiger partial charge is 0.306 e. The maximum Gasteiger partial charge on any atom is 0.306 e. The predicted octanol–water partition coefficient (Wildman–Crippen LogP) is 2.57. The van der Waals surface area contributed by atoms with Gasteiger partial charge in [0.2, 0.25) is 5.91 Å². The largest absolute Gasteiger partial charge is 0.481 e. The van der Waals surface area contributed by atoms with Crippen molar-refractivity contribution in [2.45, 2.75) is 37.5 Å². The van der Waals surface area contributed by atoms with Crippen molar-refractivity contribution < 1.29 is 14.7 Å². The van der Waals surface area contributed by atoms with Crippen LogP contribution in [-0.4, -0.2) is 23.5 Å². The van der Waals surface area contributed by atoms with E-state index in [0.29, 0.717) is 19.3 Å². The Labute approximate surface area is 123 Å². The van der Waals surface area contributed by atoms with Crippen LogP contribution in [0.5, 0.6) is 0 Å². The molecule has 0 saturated heterocycles. The lowest BCUT2D eigenvalue weighted by atomic mass is 9.99. The van der Waals surface area contributed by atoms with Crippen LogP contribution in [0, 0.1) is 11.8 Å². The highest BCUT2D eigenvalue weighted by atomic mass is 16.4. The fourth-order valence-corrected chi connectivity index (χ4v) is 4.06. The molecule has 110 valence electrons. The zero-order chi connectivity index (χ0) is 14.6. The minimum Gasteiger partial charge on any atom is -0.481 e. The van der Waals surface area contributed by atoms with E-state index >= 15 is 0 Å². The fourth-order valence-electron chi connectivity index (χ4n) is 4.06. The van der Waals surface area contributed by atoms with Crippen LogP contribution in [0.4, 0.5) is 5.69 Å². The van der Waals surface area contributed by atoms with E-state index in [9.17, 15) is 9.59 Å². The third-order valence-electron chi connectivity index (χ3n) is 5.48. The summed E-state index contributed by atoms with van der Waals surface area (Å²) in [5.74, 6) is -1.08. The molecule has 1 N–H and O–H groups in total. The molecule has 1 heterocycles. The Kier molecular flexibility index (Phi) is 2.65. The van der Waals surface area contributed by atoms with E-state index in [1.165, 1.54) is 5.56 Å². The number of para-hydroxylation sites is 1. The first-order chi connectivity index (χ1) is 10.1. The van der Waals surface area contributed by atoms with Crippen molar-refractivity contribution in [2.75, 3.05) is 11.4 Å². The van der Waals surface area contributed by atoms with Gasteiger partial charge in [-0.25, -0.2) is 0 Å². The number of rotatable bonds is 2. The number of aliphatic carboxylic acids is 1. The molecule has 2 aliphatic carbocycles. The molecule has 0 bridgehead atoms. The van der Waals surface area contributed by atoms with Crippen molar-refractivity contribution in [2.24, 2.45) is 11.8 Å². The molecule has 1 aromatic rings. The van der Waals surface area contributed by atoms with E-state index in [4.69, 9.17) is 5.11 Å². The first-order valence-corrected chi connectivity index (χ1v) is 7.74. The molecule has 2 atom stereocenters. The topological polar surface area (TPSA) is 57.6 Å². The molecule has 4 nitrogen and oxygen atoms in total. The summed E-state index contributed by atoms with van der Waals surface area (Å²) in [7, 11) is 0. The quantitative estimate of drug-likeness (QED) is 0.908. The molecule has 1 aromatic carbocycles. The van der Waals surface area contributed by atoms with E-state index in [1.54, 1.807) is 0 Å². The molecular weight excluding hydrogens is 266 g/mol. The fraction of sp³-hybridized carbons (Fsp3) is 0.529. The Morgan fingerprint density at radius 2 is 1.86 bits per heavy atom. The van der Waals surface area contributed by atoms with Crippen LogP contribution in [0.25, 0.3) is 0 Å². The Morgan fingerprint density at radius 1 is 1.14 bits per heavy atom. The lowest BCUT2D eigenvalue weighted by Crippen LogP contribution is -2.36. The van der Waals surface area contributed by atoms with Crippen molar-refractivity contribution >= 4 is 17.6 Å². The first-order valence-electron chi connectivity index (χ1n) is 7.74. The first kappa shape index (κ1) is 12.9. The zero-order valence-corrected chi connectivity index (χ0v) is 11.9. The van der Waals surface area contributed by atoms with E-state index in [-0.39, 0.29) is 23.2 Å². The zero-order valence-electron chi connectivity index (χ0n) is 11.9. The molecule has 3 aliphatic rings. The monoisotopic (exact) mass is 285 g/mol. The van der Waals surface area contributed by atoms with E-state index < -0.39 is 5.97 Å². The lowest BCUT2D eigenvalue weighted by Gasteiger charge is -2.21. The molecule has 4 rings (SSSR count). The van der Waals surface area contributed by atoms with Gasteiger partial charge in [0, 0.05) is 23.6 Å². The van der Waals surface area contributed by atoms with Gasteiger partial charge in [0.25, 0.3) is 0 Å². The third kappa shape index (κ3) is 1.88. The number of anilines is 1. The summed E-state index contributed by atoms with van der Waals surface area (Å²) in [6.07, 6.45) is 4.17. The van der Waals surface area contributed by atoms with Crippen molar-refractivity contribution in [1.29, 1.82) is 0 Å². The second-order valence-electron chi connectivity index (χ2n) is 6.77. The Morgan fingerprint density at radius 3 is 2.52 bits per heavy atom. The Bertz CT molecular complexity index is 620. The molecule has 0 unspecified atom stereocenters. The molecule has 0 radical (unpaired) electrons. The number of nitrogens with zero attached hydrogens (tertiary/aromatic N) is 1. The average Bonchev–Trinajstić information content (AvgIpc) is 2.97. The van der Waals surface area contributed by atoms with Gasteiger partial charge in [0.15, 0.2) is 0 Å². The van der Waals surface area contributed by atoms with E-state index in [0.717, 1.165) is 25.1 Å². The van der Waals surface area contributed by atoms with Crippen LogP contribution in [-0.2, 0) is 15.0 Å². The number of carbonyl (C=O) groups is 2. The Hall–Kier alpha value is -1.84. The number of fused-ring (bicyclic) bond motifs is 2. The van der Waals surface area contributed by atoms with Crippen molar-refractivity contribution in [3.8, 4) is 0 Å². The number of benzene rings is 1. The van der Waals surface area contributed by atoms with Gasteiger partial charge in [0.05, 0.1) is 5.92 Å². The maximum atomic E-state index is 12.8. The minimum absolute atomic E-state index is 0.118. The molecule has 1 spiro atoms. The minimum atomic E-state index is -0.759. The number of hydrogen-bond donors (Lipinski definition) is 1. The Balaban J connectivity index is 1.58. The van der Waals surface area contributed by atoms with Crippen molar-refractivity contribution in [3.63, 3.8) is 0 Å². The molecule has 1 aliphatic heterocycles. The summed E-state index contributed by atoms with van der Waals surface area (Å²) in [4.78, 5) is 25.8. The number of carboxylic acid groups (broad SMARTS) is 1. The van der Waals surface area contributed by atoms with Crippen LogP contribution < -0.4 is 4.90 Å². The van der Waals surface area contributed by atoms with Crippen LogP contribution in [0.3, 0.4) is 0 Å². The van der Waals surface area contributed by atoms with E-state index in [1.807, 2.05) is 23.1 Å². The third-order valence-corrected chi connectivity index (χ3v) is 5.48. The molecule has 2 saturated carbocycles. The lowest BCUT2D eigenvalue weighted by molar-refractivity contribution is -0.141. The molecule has 0 aromatic heterocycles. The molecule has 4 heteroatoms. The summed E-state index contributed by atoms with van der Waals surface area (Å²) >= 11 is 0. The van der Waals surface area contributed by atoms with E-state index in [2.05, 4.69) is 6.07 Å². The highest BCUT2D eigenvalue weighted by molar-refractivity contribution is 5.98.